The van der Waals surface area contributed by atoms with Gasteiger partial charge in [-0.15, -0.1) is 0 Å². The van der Waals surface area contributed by atoms with Crippen LogP contribution in [0.15, 0.2) is 53.6 Å². The van der Waals surface area contributed by atoms with Crippen LogP contribution >= 0.6 is 0 Å². The minimum Gasteiger partial charge on any atom is -0.285 e. The molecule has 1 aliphatic carbocycles. The first-order valence-corrected chi connectivity index (χ1v) is 11.7. The third kappa shape index (κ3) is 4.33. The molecule has 1 aromatic carbocycles. The van der Waals surface area contributed by atoms with Crippen LogP contribution in [0.5, 0.6) is 0 Å². The van der Waals surface area contributed by atoms with Crippen LogP contribution < -0.4 is 5.56 Å². The highest BCUT2D eigenvalue weighted by molar-refractivity contribution is 5.71. The fourth-order valence-electron chi connectivity index (χ4n) is 5.29. The summed E-state index contributed by atoms with van der Waals surface area (Å²) in [6.07, 6.45) is 2.47. The van der Waals surface area contributed by atoms with E-state index in [1.807, 2.05) is 13.0 Å². The van der Waals surface area contributed by atoms with Crippen molar-refractivity contribution in [1.82, 2.24) is 19.5 Å². The van der Waals surface area contributed by atoms with Crippen LogP contribution in [0.25, 0.3) is 11.2 Å². The molecule has 5 rings (SSSR count). The van der Waals surface area contributed by atoms with E-state index in [0.717, 1.165) is 18.4 Å². The quantitative estimate of drug-likeness (QED) is 0.354. The van der Waals surface area contributed by atoms with E-state index in [4.69, 9.17) is 0 Å². The smallest absolute Gasteiger partial charge is 0.265 e. The largest absolute Gasteiger partial charge is 0.285 e. The SMILES string of the molecule is Cc1cnc2cc([C@@H]3CC[C@H](c4c(C)cccc4F)C3)c(=O)n(Cc3ncccc3C(F)F)c2n1. The lowest BCUT2D eigenvalue weighted by atomic mass is 9.90. The number of halogens is 3. The Balaban J connectivity index is 1.59. The molecule has 3 aromatic heterocycles. The zero-order valence-electron chi connectivity index (χ0n) is 19.5. The summed E-state index contributed by atoms with van der Waals surface area (Å²) in [6.45, 7) is 3.53. The Hall–Kier alpha value is -3.55. The molecule has 180 valence electrons. The maximum absolute atomic E-state index is 14.6. The molecule has 0 spiro atoms. The summed E-state index contributed by atoms with van der Waals surface area (Å²) in [5.41, 5.74) is 3.26. The standard InChI is InChI=1S/C27H25F3N4O/c1-15-5-3-7-21(28)24(15)18-9-8-17(11-18)20-12-22-26(33-16(2)13-32-22)34(27(20)35)14-23-19(25(29)30)6-4-10-31-23/h3-7,10,12-13,17-18,25H,8-9,11,14H2,1-2H3/t17-,18+/m1/s1. The Labute approximate surface area is 200 Å². The van der Waals surface area contributed by atoms with Crippen molar-refractivity contribution in [3.8, 4) is 0 Å². The van der Waals surface area contributed by atoms with Gasteiger partial charge >= 0.3 is 0 Å². The maximum atomic E-state index is 14.6. The molecule has 0 amide bonds. The Morgan fingerprint density at radius 3 is 2.66 bits per heavy atom. The van der Waals surface area contributed by atoms with Crippen molar-refractivity contribution in [1.29, 1.82) is 0 Å². The van der Waals surface area contributed by atoms with Gasteiger partial charge in [0.2, 0.25) is 0 Å². The number of hydrogen-bond donors (Lipinski definition) is 0. The first-order valence-electron chi connectivity index (χ1n) is 11.7. The minimum absolute atomic E-state index is 0.00933. The number of rotatable bonds is 5. The molecule has 0 unspecified atom stereocenters. The topological polar surface area (TPSA) is 60.7 Å². The van der Waals surface area contributed by atoms with Gasteiger partial charge in [-0.05, 0) is 80.3 Å². The van der Waals surface area contributed by atoms with Crippen LogP contribution in [0.2, 0.25) is 0 Å². The van der Waals surface area contributed by atoms with Gasteiger partial charge in [0.05, 0.1) is 17.9 Å². The van der Waals surface area contributed by atoms with Gasteiger partial charge in [0.25, 0.3) is 12.0 Å². The van der Waals surface area contributed by atoms with Crippen molar-refractivity contribution in [3.05, 3.63) is 98.6 Å². The molecule has 8 heteroatoms. The summed E-state index contributed by atoms with van der Waals surface area (Å²) in [4.78, 5) is 26.8. The molecule has 2 atom stereocenters. The van der Waals surface area contributed by atoms with Crippen LogP contribution in [0.3, 0.4) is 0 Å². The van der Waals surface area contributed by atoms with E-state index in [1.54, 1.807) is 25.3 Å². The van der Waals surface area contributed by atoms with E-state index in [0.29, 0.717) is 34.4 Å². The Bertz CT molecular complexity index is 1450. The van der Waals surface area contributed by atoms with Crippen LogP contribution in [0.1, 0.15) is 71.2 Å². The molecule has 4 aromatic rings. The average Bonchev–Trinajstić information content (AvgIpc) is 3.30. The van der Waals surface area contributed by atoms with Crippen LogP contribution in [0, 0.1) is 19.7 Å². The first-order chi connectivity index (χ1) is 16.8. The number of alkyl halides is 2. The number of aryl methyl sites for hydroxylation is 2. The van der Waals surface area contributed by atoms with Crippen molar-refractivity contribution < 1.29 is 13.2 Å². The molecule has 0 radical (unpaired) electrons. The molecule has 0 bridgehead atoms. The fourth-order valence-corrected chi connectivity index (χ4v) is 5.29. The molecular weight excluding hydrogens is 453 g/mol. The number of fused-ring (bicyclic) bond motifs is 1. The molecule has 0 saturated heterocycles. The second-order valence-corrected chi connectivity index (χ2v) is 9.23. The summed E-state index contributed by atoms with van der Waals surface area (Å²) in [5.74, 6) is -0.304. The van der Waals surface area contributed by atoms with Crippen molar-refractivity contribution >= 4 is 11.2 Å². The van der Waals surface area contributed by atoms with E-state index in [1.165, 1.54) is 29.0 Å². The third-order valence-corrected chi connectivity index (χ3v) is 6.96. The molecule has 3 heterocycles. The van der Waals surface area contributed by atoms with E-state index in [2.05, 4.69) is 15.0 Å². The highest BCUT2D eigenvalue weighted by atomic mass is 19.3. The van der Waals surface area contributed by atoms with Crippen LogP contribution in [-0.2, 0) is 6.54 Å². The second-order valence-electron chi connectivity index (χ2n) is 9.23. The fraction of sp³-hybridized carbons (Fsp3) is 0.333. The number of pyridine rings is 2. The van der Waals surface area contributed by atoms with Gasteiger partial charge in [-0.25, -0.2) is 18.2 Å². The van der Waals surface area contributed by atoms with Crippen molar-refractivity contribution in [3.63, 3.8) is 0 Å². The number of benzene rings is 1. The Morgan fingerprint density at radius 1 is 1.09 bits per heavy atom. The third-order valence-electron chi connectivity index (χ3n) is 6.96. The van der Waals surface area contributed by atoms with Crippen LogP contribution in [-0.4, -0.2) is 19.5 Å². The molecule has 5 nitrogen and oxygen atoms in total. The summed E-state index contributed by atoms with van der Waals surface area (Å²) < 4.78 is 43.3. The van der Waals surface area contributed by atoms with Gasteiger partial charge in [-0.2, -0.15) is 0 Å². The van der Waals surface area contributed by atoms with E-state index >= 15 is 0 Å². The van der Waals surface area contributed by atoms with E-state index in [-0.39, 0.29) is 41.0 Å². The van der Waals surface area contributed by atoms with Crippen molar-refractivity contribution in [2.75, 3.05) is 0 Å². The Kier molecular flexibility index (Phi) is 6.13. The normalized spacial score (nSPS) is 18.0. The van der Waals surface area contributed by atoms with Crippen molar-refractivity contribution in [2.24, 2.45) is 0 Å². The monoisotopic (exact) mass is 478 g/mol. The predicted molar refractivity (Wildman–Crippen MR) is 127 cm³/mol. The van der Waals surface area contributed by atoms with Gasteiger partial charge in [0.15, 0.2) is 5.65 Å². The van der Waals surface area contributed by atoms with Gasteiger partial charge in [-0.3, -0.25) is 19.3 Å². The number of hydrogen-bond acceptors (Lipinski definition) is 4. The molecule has 1 aliphatic rings. The number of aromatic nitrogens is 4. The summed E-state index contributed by atoms with van der Waals surface area (Å²) in [7, 11) is 0. The highest BCUT2D eigenvalue weighted by Crippen LogP contribution is 2.44. The summed E-state index contributed by atoms with van der Waals surface area (Å²) in [5, 5.41) is 0. The maximum Gasteiger partial charge on any atom is 0.265 e. The Morgan fingerprint density at radius 2 is 1.89 bits per heavy atom. The lowest BCUT2D eigenvalue weighted by molar-refractivity contribution is 0.149. The lowest BCUT2D eigenvalue weighted by Crippen LogP contribution is -2.27. The first kappa shape index (κ1) is 23.2. The molecule has 0 aliphatic heterocycles. The minimum atomic E-state index is -2.71. The van der Waals surface area contributed by atoms with Gasteiger partial charge in [0.1, 0.15) is 11.3 Å². The summed E-state index contributed by atoms with van der Waals surface area (Å²) in [6, 6.07) is 9.61. The van der Waals surface area contributed by atoms with E-state index < -0.39 is 6.43 Å². The van der Waals surface area contributed by atoms with Gasteiger partial charge in [-0.1, -0.05) is 12.1 Å². The number of nitrogens with zero attached hydrogens (tertiary/aromatic N) is 4. The highest BCUT2D eigenvalue weighted by Gasteiger charge is 2.32. The van der Waals surface area contributed by atoms with Gasteiger partial charge < -0.3 is 0 Å². The molecule has 35 heavy (non-hydrogen) atoms. The van der Waals surface area contributed by atoms with Crippen molar-refractivity contribution in [2.45, 2.75) is 57.9 Å². The zero-order valence-corrected chi connectivity index (χ0v) is 19.5. The molecule has 1 saturated carbocycles. The molecular formula is C27H25F3N4O. The van der Waals surface area contributed by atoms with E-state index in [9.17, 15) is 18.0 Å². The molecule has 0 N–H and O–H groups in total. The van der Waals surface area contributed by atoms with Crippen LogP contribution in [0.4, 0.5) is 13.2 Å². The van der Waals surface area contributed by atoms with Gasteiger partial charge in [0, 0.05) is 23.5 Å². The zero-order chi connectivity index (χ0) is 24.7. The lowest BCUT2D eigenvalue weighted by Gasteiger charge is -2.17. The molecule has 1 fully saturated rings. The summed E-state index contributed by atoms with van der Waals surface area (Å²) >= 11 is 0. The average molecular weight is 479 g/mol. The predicted octanol–water partition coefficient (Wildman–Crippen LogP) is 5.98. The second kappa shape index (κ2) is 9.24.